The van der Waals surface area contributed by atoms with Gasteiger partial charge in [0, 0.05) is 32.5 Å². The lowest BCUT2D eigenvalue weighted by Gasteiger charge is -2.11. The predicted molar refractivity (Wildman–Crippen MR) is 88.3 cm³/mol. The van der Waals surface area contributed by atoms with Crippen LogP contribution in [-0.2, 0) is 20.0 Å². The smallest absolute Gasteiger partial charge is 0.191 e. The van der Waals surface area contributed by atoms with Crippen LogP contribution in [0, 0.1) is 11.6 Å². The molecule has 2 aromatic rings. The molecule has 4 nitrogen and oxygen atoms in total. The molecular formula is C17H22F2N4. The lowest BCUT2D eigenvalue weighted by atomic mass is 10.1. The molecule has 0 saturated heterocycles. The molecule has 23 heavy (non-hydrogen) atoms. The summed E-state index contributed by atoms with van der Waals surface area (Å²) in [6.45, 7) is 3.74. The average molecular weight is 320 g/mol. The Balaban J connectivity index is 1.90. The molecule has 2 rings (SSSR count). The zero-order valence-corrected chi connectivity index (χ0v) is 13.4. The molecule has 0 aliphatic heterocycles. The number of aryl methyl sites for hydroxylation is 1. The van der Waals surface area contributed by atoms with Gasteiger partial charge in [0.25, 0.3) is 0 Å². The molecule has 0 spiro atoms. The van der Waals surface area contributed by atoms with Gasteiger partial charge in [0.15, 0.2) is 5.96 Å². The fourth-order valence-electron chi connectivity index (χ4n) is 2.22. The fraction of sp³-hybridized carbons (Fsp3) is 0.353. The maximum Gasteiger partial charge on any atom is 0.191 e. The van der Waals surface area contributed by atoms with Crippen molar-refractivity contribution in [3.63, 3.8) is 0 Å². The molecule has 2 N–H and O–H groups in total. The largest absolute Gasteiger partial charge is 0.357 e. The molecule has 1 aromatic heterocycles. The van der Waals surface area contributed by atoms with Gasteiger partial charge in [-0.05, 0) is 48.7 Å². The highest BCUT2D eigenvalue weighted by Gasteiger charge is 2.04. The van der Waals surface area contributed by atoms with Crippen LogP contribution in [0.25, 0.3) is 0 Å². The van der Waals surface area contributed by atoms with E-state index in [1.807, 2.05) is 37.0 Å². The van der Waals surface area contributed by atoms with Crippen molar-refractivity contribution < 1.29 is 8.78 Å². The highest BCUT2D eigenvalue weighted by Crippen LogP contribution is 2.09. The Morgan fingerprint density at radius 1 is 1.22 bits per heavy atom. The Labute approximate surface area is 135 Å². The summed E-state index contributed by atoms with van der Waals surface area (Å²) in [7, 11) is 1.96. The molecule has 0 saturated carbocycles. The zero-order chi connectivity index (χ0) is 16.7. The van der Waals surface area contributed by atoms with Crippen molar-refractivity contribution in [3.05, 3.63) is 59.4 Å². The van der Waals surface area contributed by atoms with E-state index in [1.54, 1.807) is 0 Å². The highest BCUT2D eigenvalue weighted by molar-refractivity contribution is 5.79. The van der Waals surface area contributed by atoms with Gasteiger partial charge in [-0.15, -0.1) is 0 Å². The number of guanidine groups is 1. The van der Waals surface area contributed by atoms with Gasteiger partial charge in [0.05, 0.1) is 6.54 Å². The van der Waals surface area contributed by atoms with Gasteiger partial charge in [0.1, 0.15) is 11.6 Å². The minimum atomic E-state index is -0.425. The van der Waals surface area contributed by atoms with E-state index in [-0.39, 0.29) is 5.82 Å². The van der Waals surface area contributed by atoms with E-state index in [2.05, 4.69) is 15.6 Å². The second-order valence-electron chi connectivity index (χ2n) is 5.29. The van der Waals surface area contributed by atoms with Gasteiger partial charge in [-0.3, -0.25) is 0 Å². The van der Waals surface area contributed by atoms with Crippen LogP contribution in [0.5, 0.6) is 0 Å². The van der Waals surface area contributed by atoms with Crippen molar-refractivity contribution >= 4 is 5.96 Å². The van der Waals surface area contributed by atoms with Crippen LogP contribution in [0.3, 0.4) is 0 Å². The molecule has 124 valence electrons. The van der Waals surface area contributed by atoms with Crippen LogP contribution < -0.4 is 10.6 Å². The fourth-order valence-corrected chi connectivity index (χ4v) is 2.22. The molecule has 0 unspecified atom stereocenters. The summed E-state index contributed by atoms with van der Waals surface area (Å²) >= 11 is 0. The minimum absolute atomic E-state index is 0.358. The Bertz CT molecular complexity index is 664. The van der Waals surface area contributed by atoms with Gasteiger partial charge in [0.2, 0.25) is 0 Å². The van der Waals surface area contributed by atoms with E-state index < -0.39 is 5.82 Å². The predicted octanol–water partition coefficient (Wildman–Crippen LogP) is 2.60. The summed E-state index contributed by atoms with van der Waals surface area (Å²) in [6.07, 6.45) is 4.37. The first-order valence-corrected chi connectivity index (χ1v) is 7.65. The maximum atomic E-state index is 13.6. The van der Waals surface area contributed by atoms with Crippen molar-refractivity contribution in [3.8, 4) is 0 Å². The number of nitrogens with one attached hydrogen (secondary N) is 2. The summed E-state index contributed by atoms with van der Waals surface area (Å²) in [5.74, 6) is -0.154. The molecule has 0 radical (unpaired) electrons. The lowest BCUT2D eigenvalue weighted by Crippen LogP contribution is -2.38. The number of halogens is 2. The van der Waals surface area contributed by atoms with Crippen LogP contribution >= 0.6 is 0 Å². The number of nitrogens with zero attached hydrogens (tertiary/aromatic N) is 2. The topological polar surface area (TPSA) is 41.4 Å². The van der Waals surface area contributed by atoms with E-state index in [9.17, 15) is 8.78 Å². The Kier molecular flexibility index (Phi) is 6.14. The molecule has 6 heteroatoms. The number of aliphatic imine (C=N–C) groups is 1. The van der Waals surface area contributed by atoms with Crippen LogP contribution in [0.4, 0.5) is 8.78 Å². The van der Waals surface area contributed by atoms with Crippen LogP contribution in [0.1, 0.15) is 18.1 Å². The van der Waals surface area contributed by atoms with E-state index in [0.29, 0.717) is 31.0 Å². The quantitative estimate of drug-likeness (QED) is 0.634. The van der Waals surface area contributed by atoms with Crippen LogP contribution in [-0.4, -0.2) is 23.6 Å². The molecule has 0 atom stereocenters. The van der Waals surface area contributed by atoms with Crippen molar-refractivity contribution in [2.75, 3.05) is 13.1 Å². The van der Waals surface area contributed by atoms with E-state index in [4.69, 9.17) is 0 Å². The first-order chi connectivity index (χ1) is 11.1. The van der Waals surface area contributed by atoms with Crippen LogP contribution in [0.15, 0.2) is 41.7 Å². The maximum absolute atomic E-state index is 13.6. The summed E-state index contributed by atoms with van der Waals surface area (Å²) in [4.78, 5) is 4.48. The Morgan fingerprint density at radius 3 is 2.74 bits per heavy atom. The molecule has 0 bridgehead atoms. The summed E-state index contributed by atoms with van der Waals surface area (Å²) < 4.78 is 28.7. The van der Waals surface area contributed by atoms with E-state index in [0.717, 1.165) is 24.2 Å². The Hall–Kier alpha value is -2.37. The van der Waals surface area contributed by atoms with Crippen molar-refractivity contribution in [1.82, 2.24) is 15.2 Å². The monoisotopic (exact) mass is 320 g/mol. The number of aromatic nitrogens is 1. The van der Waals surface area contributed by atoms with E-state index in [1.165, 1.54) is 6.07 Å². The molecule has 1 aromatic carbocycles. The van der Waals surface area contributed by atoms with Gasteiger partial charge in [-0.2, -0.15) is 0 Å². The summed E-state index contributed by atoms with van der Waals surface area (Å²) in [5, 5.41) is 6.27. The number of benzene rings is 1. The van der Waals surface area contributed by atoms with Gasteiger partial charge >= 0.3 is 0 Å². The zero-order valence-electron chi connectivity index (χ0n) is 13.4. The number of hydrogen-bond donors (Lipinski definition) is 2. The highest BCUT2D eigenvalue weighted by atomic mass is 19.1. The number of rotatable bonds is 6. The molecule has 1 heterocycles. The van der Waals surface area contributed by atoms with Crippen molar-refractivity contribution in [2.24, 2.45) is 12.0 Å². The van der Waals surface area contributed by atoms with Crippen molar-refractivity contribution in [2.45, 2.75) is 19.9 Å². The third-order valence-electron chi connectivity index (χ3n) is 3.35. The third kappa shape index (κ3) is 5.39. The SMILES string of the molecule is CCNC(=NCc1ccn(C)c1)NCCc1cc(F)ccc1F. The second kappa shape index (κ2) is 8.31. The molecule has 0 amide bonds. The van der Waals surface area contributed by atoms with Gasteiger partial charge < -0.3 is 15.2 Å². The van der Waals surface area contributed by atoms with Crippen molar-refractivity contribution in [1.29, 1.82) is 0 Å². The summed E-state index contributed by atoms with van der Waals surface area (Å²) in [5.41, 5.74) is 1.47. The minimum Gasteiger partial charge on any atom is -0.357 e. The molecular weight excluding hydrogens is 298 g/mol. The third-order valence-corrected chi connectivity index (χ3v) is 3.35. The second-order valence-corrected chi connectivity index (χ2v) is 5.29. The van der Waals surface area contributed by atoms with Gasteiger partial charge in [-0.1, -0.05) is 0 Å². The average Bonchev–Trinajstić information content (AvgIpc) is 2.94. The van der Waals surface area contributed by atoms with E-state index >= 15 is 0 Å². The molecule has 0 fully saturated rings. The van der Waals surface area contributed by atoms with Crippen LogP contribution in [0.2, 0.25) is 0 Å². The lowest BCUT2D eigenvalue weighted by molar-refractivity contribution is 0.583. The standard InChI is InChI=1S/C17H22F2N4/c1-3-20-17(22-11-13-7-9-23(2)12-13)21-8-6-14-10-15(18)4-5-16(14)19/h4-5,7,9-10,12H,3,6,8,11H2,1-2H3,(H2,20,21,22). The first kappa shape index (κ1) is 17.0. The normalized spacial score (nSPS) is 11.6. The summed E-state index contributed by atoms with van der Waals surface area (Å²) in [6, 6.07) is 5.51. The molecule has 0 aliphatic carbocycles. The number of hydrogen-bond acceptors (Lipinski definition) is 1. The first-order valence-electron chi connectivity index (χ1n) is 7.65. The molecule has 0 aliphatic rings. The van der Waals surface area contributed by atoms with Gasteiger partial charge in [-0.25, -0.2) is 13.8 Å². The Morgan fingerprint density at radius 2 is 2.04 bits per heavy atom.